The van der Waals surface area contributed by atoms with Crippen molar-refractivity contribution in [1.29, 1.82) is 5.26 Å². The van der Waals surface area contributed by atoms with Crippen molar-refractivity contribution in [3.63, 3.8) is 0 Å². The van der Waals surface area contributed by atoms with Gasteiger partial charge in [0.1, 0.15) is 0 Å². The highest BCUT2D eigenvalue weighted by Crippen LogP contribution is 2.34. The number of methoxy groups -OCH3 is 1. The van der Waals surface area contributed by atoms with E-state index in [0.29, 0.717) is 11.3 Å². The Bertz CT molecular complexity index is 605. The molecule has 0 heterocycles. The number of benzene rings is 2. The average molecular weight is 257 g/mol. The van der Waals surface area contributed by atoms with Crippen LogP contribution in [-0.4, -0.2) is 12.2 Å². The fourth-order valence-corrected chi connectivity index (χ4v) is 2.39. The Kier molecular flexibility index (Phi) is 3.75. The summed E-state index contributed by atoms with van der Waals surface area (Å²) >= 11 is 1.51. The van der Waals surface area contributed by atoms with E-state index in [1.165, 1.54) is 18.9 Å². The minimum absolute atomic E-state index is 0.118. The fourth-order valence-electron chi connectivity index (χ4n) is 1.49. The largest absolute Gasteiger partial charge is 0.504 e. The maximum atomic E-state index is 9.51. The second-order valence-corrected chi connectivity index (χ2v) is 4.72. The number of aromatic hydroxyl groups is 1. The molecule has 4 heteroatoms. The highest BCUT2D eigenvalue weighted by Gasteiger charge is 2.04. The lowest BCUT2D eigenvalue weighted by atomic mass is 10.2. The number of nitriles is 1. The summed E-state index contributed by atoms with van der Waals surface area (Å²) in [4.78, 5) is 1.92. The molecule has 2 rings (SSSR count). The minimum atomic E-state index is 0.118. The van der Waals surface area contributed by atoms with Crippen LogP contribution in [-0.2, 0) is 0 Å². The average Bonchev–Trinajstić information content (AvgIpc) is 2.41. The standard InChI is InChI=1S/C14H11NO2S/c1-17-14-8-12(5-6-13(14)16)18-11-4-2-3-10(7-11)9-15/h2-8,16H,1H3. The van der Waals surface area contributed by atoms with E-state index in [4.69, 9.17) is 10.00 Å². The number of ether oxygens (including phenoxy) is 1. The summed E-state index contributed by atoms with van der Waals surface area (Å²) in [5.41, 5.74) is 0.630. The van der Waals surface area contributed by atoms with Gasteiger partial charge < -0.3 is 9.84 Å². The maximum absolute atomic E-state index is 9.51. The highest BCUT2D eigenvalue weighted by molar-refractivity contribution is 7.99. The Balaban J connectivity index is 2.26. The van der Waals surface area contributed by atoms with Gasteiger partial charge in [-0.15, -0.1) is 0 Å². The van der Waals surface area contributed by atoms with E-state index in [1.807, 2.05) is 24.3 Å². The Morgan fingerprint density at radius 1 is 1.17 bits per heavy atom. The van der Waals surface area contributed by atoms with Crippen LogP contribution in [0.4, 0.5) is 0 Å². The Hall–Kier alpha value is -2.12. The monoisotopic (exact) mass is 257 g/mol. The van der Waals surface area contributed by atoms with Crippen LogP contribution in [0.25, 0.3) is 0 Å². The van der Waals surface area contributed by atoms with Crippen molar-refractivity contribution in [2.24, 2.45) is 0 Å². The number of phenols is 1. The number of rotatable bonds is 3. The maximum Gasteiger partial charge on any atom is 0.161 e. The first-order valence-electron chi connectivity index (χ1n) is 5.28. The molecule has 0 atom stereocenters. The molecule has 18 heavy (non-hydrogen) atoms. The molecule has 3 nitrogen and oxygen atoms in total. The molecule has 2 aromatic carbocycles. The lowest BCUT2D eigenvalue weighted by molar-refractivity contribution is 0.372. The summed E-state index contributed by atoms with van der Waals surface area (Å²) in [6.07, 6.45) is 0. The number of hydrogen-bond acceptors (Lipinski definition) is 4. The minimum Gasteiger partial charge on any atom is -0.504 e. The van der Waals surface area contributed by atoms with Gasteiger partial charge in [0.15, 0.2) is 11.5 Å². The molecule has 0 saturated heterocycles. The molecule has 0 aliphatic carbocycles. The van der Waals surface area contributed by atoms with Crippen LogP contribution in [0.1, 0.15) is 5.56 Å². The van der Waals surface area contributed by atoms with Crippen molar-refractivity contribution < 1.29 is 9.84 Å². The molecule has 0 aromatic heterocycles. The smallest absolute Gasteiger partial charge is 0.161 e. The lowest BCUT2D eigenvalue weighted by Gasteiger charge is -2.06. The van der Waals surface area contributed by atoms with E-state index in [9.17, 15) is 5.11 Å². The first-order valence-corrected chi connectivity index (χ1v) is 6.09. The van der Waals surface area contributed by atoms with Crippen LogP contribution in [0.2, 0.25) is 0 Å². The van der Waals surface area contributed by atoms with Gasteiger partial charge in [0.25, 0.3) is 0 Å². The molecule has 0 unspecified atom stereocenters. The van der Waals surface area contributed by atoms with E-state index >= 15 is 0 Å². The molecule has 1 N–H and O–H groups in total. The lowest BCUT2D eigenvalue weighted by Crippen LogP contribution is -1.84. The number of nitrogens with zero attached hydrogens (tertiary/aromatic N) is 1. The third-order valence-corrected chi connectivity index (χ3v) is 3.33. The molecular weight excluding hydrogens is 246 g/mol. The molecule has 0 bridgehead atoms. The summed E-state index contributed by atoms with van der Waals surface area (Å²) in [5, 5.41) is 18.3. The Morgan fingerprint density at radius 3 is 2.67 bits per heavy atom. The van der Waals surface area contributed by atoms with Crippen molar-refractivity contribution in [2.45, 2.75) is 9.79 Å². The van der Waals surface area contributed by atoms with Crippen LogP contribution in [0.15, 0.2) is 52.3 Å². The van der Waals surface area contributed by atoms with Gasteiger partial charge in [-0.25, -0.2) is 0 Å². The zero-order chi connectivity index (χ0) is 13.0. The first kappa shape index (κ1) is 12.3. The van der Waals surface area contributed by atoms with Crippen molar-refractivity contribution >= 4 is 11.8 Å². The van der Waals surface area contributed by atoms with Crippen molar-refractivity contribution in [3.8, 4) is 17.6 Å². The second kappa shape index (κ2) is 5.48. The van der Waals surface area contributed by atoms with Crippen LogP contribution in [0.5, 0.6) is 11.5 Å². The Labute approximate surface area is 110 Å². The molecule has 0 amide bonds. The fraction of sp³-hybridized carbons (Fsp3) is 0.0714. The number of phenolic OH excluding ortho intramolecular Hbond substituents is 1. The van der Waals surface area contributed by atoms with Crippen molar-refractivity contribution in [1.82, 2.24) is 0 Å². The molecule has 0 fully saturated rings. The van der Waals surface area contributed by atoms with Gasteiger partial charge in [-0.2, -0.15) is 5.26 Å². The number of hydrogen-bond donors (Lipinski definition) is 1. The predicted molar refractivity (Wildman–Crippen MR) is 69.9 cm³/mol. The summed E-state index contributed by atoms with van der Waals surface area (Å²) < 4.78 is 5.05. The predicted octanol–water partition coefficient (Wildman–Crippen LogP) is 3.42. The normalized spacial score (nSPS) is 9.78. The molecule has 0 aliphatic heterocycles. The molecular formula is C14H11NO2S. The molecule has 0 radical (unpaired) electrons. The van der Waals surface area contributed by atoms with E-state index < -0.39 is 0 Å². The van der Waals surface area contributed by atoms with Crippen LogP contribution in [0, 0.1) is 11.3 Å². The van der Waals surface area contributed by atoms with Gasteiger partial charge in [-0.1, -0.05) is 17.8 Å². The van der Waals surface area contributed by atoms with E-state index in [-0.39, 0.29) is 5.75 Å². The van der Waals surface area contributed by atoms with E-state index in [1.54, 1.807) is 18.2 Å². The van der Waals surface area contributed by atoms with E-state index in [2.05, 4.69) is 6.07 Å². The molecule has 0 aliphatic rings. The zero-order valence-electron chi connectivity index (χ0n) is 9.75. The van der Waals surface area contributed by atoms with Gasteiger partial charge in [-0.3, -0.25) is 0 Å². The third kappa shape index (κ3) is 2.76. The van der Waals surface area contributed by atoms with E-state index in [0.717, 1.165) is 9.79 Å². The molecule has 0 spiro atoms. The van der Waals surface area contributed by atoms with Gasteiger partial charge in [0.05, 0.1) is 18.7 Å². The van der Waals surface area contributed by atoms with Crippen LogP contribution < -0.4 is 4.74 Å². The zero-order valence-corrected chi connectivity index (χ0v) is 10.6. The molecule has 0 saturated carbocycles. The van der Waals surface area contributed by atoms with Gasteiger partial charge in [-0.05, 0) is 36.4 Å². The quantitative estimate of drug-likeness (QED) is 0.915. The third-order valence-electron chi connectivity index (χ3n) is 2.35. The summed E-state index contributed by atoms with van der Waals surface area (Å²) in [7, 11) is 1.51. The van der Waals surface area contributed by atoms with Crippen molar-refractivity contribution in [3.05, 3.63) is 48.0 Å². The van der Waals surface area contributed by atoms with Gasteiger partial charge >= 0.3 is 0 Å². The first-order chi connectivity index (χ1) is 8.72. The summed E-state index contributed by atoms with van der Waals surface area (Å²) in [6.45, 7) is 0. The molecule has 90 valence electrons. The summed E-state index contributed by atoms with van der Waals surface area (Å²) in [5.74, 6) is 0.559. The second-order valence-electron chi connectivity index (χ2n) is 3.58. The van der Waals surface area contributed by atoms with Gasteiger partial charge in [0.2, 0.25) is 0 Å². The highest BCUT2D eigenvalue weighted by atomic mass is 32.2. The van der Waals surface area contributed by atoms with Crippen molar-refractivity contribution in [2.75, 3.05) is 7.11 Å². The van der Waals surface area contributed by atoms with Crippen LogP contribution >= 0.6 is 11.8 Å². The summed E-state index contributed by atoms with van der Waals surface area (Å²) in [6, 6.07) is 14.6. The topological polar surface area (TPSA) is 53.2 Å². The van der Waals surface area contributed by atoms with Crippen LogP contribution in [0.3, 0.4) is 0 Å². The molecule has 2 aromatic rings. The SMILES string of the molecule is COc1cc(Sc2cccc(C#N)c2)ccc1O. The Morgan fingerprint density at radius 2 is 1.94 bits per heavy atom. The van der Waals surface area contributed by atoms with Gasteiger partial charge in [0, 0.05) is 9.79 Å².